The second-order valence-electron chi connectivity index (χ2n) is 5.19. The molecule has 0 amide bonds. The van der Waals surface area contributed by atoms with Gasteiger partial charge in [-0.1, -0.05) is 26.2 Å². The van der Waals surface area contributed by atoms with Crippen LogP contribution in [0.4, 0.5) is 0 Å². The largest absolute Gasteiger partial charge is 0.300 e. The van der Waals surface area contributed by atoms with Gasteiger partial charge in [0, 0.05) is 12.1 Å². The molecule has 0 aromatic heterocycles. The topological polar surface area (TPSA) is 3.24 Å². The Bertz CT molecular complexity index is 155. The molecule has 0 spiro atoms. The summed E-state index contributed by atoms with van der Waals surface area (Å²) in [5.41, 5.74) is 0. The van der Waals surface area contributed by atoms with Gasteiger partial charge in [0.25, 0.3) is 0 Å². The van der Waals surface area contributed by atoms with E-state index in [4.69, 9.17) is 0 Å². The number of nitrogens with zero attached hydrogens (tertiary/aromatic N) is 1. The van der Waals surface area contributed by atoms with Gasteiger partial charge in [0.05, 0.1) is 0 Å². The fraction of sp³-hybridized carbons (Fsp3) is 1.00. The lowest BCUT2D eigenvalue weighted by molar-refractivity contribution is 0.0568. The molecule has 0 atom stereocenters. The lowest BCUT2D eigenvalue weighted by atomic mass is 9.79. The highest BCUT2D eigenvalue weighted by atomic mass is 15.2. The van der Waals surface area contributed by atoms with Crippen LogP contribution in [0.2, 0.25) is 0 Å². The van der Waals surface area contributed by atoms with Crippen molar-refractivity contribution in [3.63, 3.8) is 0 Å². The quantitative estimate of drug-likeness (QED) is 0.633. The van der Waals surface area contributed by atoms with Crippen LogP contribution in [-0.2, 0) is 0 Å². The summed E-state index contributed by atoms with van der Waals surface area (Å²) in [4.78, 5) is 2.68. The van der Waals surface area contributed by atoms with Crippen molar-refractivity contribution in [3.8, 4) is 0 Å². The predicted octanol–water partition coefficient (Wildman–Crippen LogP) is 3.05. The van der Waals surface area contributed by atoms with Crippen molar-refractivity contribution < 1.29 is 0 Å². The molecule has 2 aliphatic carbocycles. The van der Waals surface area contributed by atoms with Gasteiger partial charge < -0.3 is 4.90 Å². The molecule has 0 aromatic carbocycles. The molecule has 2 fully saturated rings. The minimum Gasteiger partial charge on any atom is -0.300 e. The van der Waals surface area contributed by atoms with Crippen molar-refractivity contribution in [1.82, 2.24) is 4.90 Å². The molecule has 0 heterocycles. The summed E-state index contributed by atoms with van der Waals surface area (Å²) >= 11 is 0. The molecule has 2 saturated carbocycles. The van der Waals surface area contributed by atoms with E-state index in [1.807, 2.05) is 0 Å². The molecule has 0 N–H and O–H groups in total. The van der Waals surface area contributed by atoms with Crippen molar-refractivity contribution in [3.05, 3.63) is 0 Å². The first-order valence-electron chi connectivity index (χ1n) is 5.99. The summed E-state index contributed by atoms with van der Waals surface area (Å²) in [6, 6.07) is 1.85. The van der Waals surface area contributed by atoms with Gasteiger partial charge in [0.2, 0.25) is 0 Å². The number of hydrogen-bond donors (Lipinski definition) is 0. The van der Waals surface area contributed by atoms with Crippen LogP contribution in [0.1, 0.15) is 51.9 Å². The lowest BCUT2D eigenvalue weighted by Gasteiger charge is -2.44. The summed E-state index contributed by atoms with van der Waals surface area (Å²) in [6.45, 7) is 2.38. The van der Waals surface area contributed by atoms with Crippen molar-refractivity contribution in [2.45, 2.75) is 64.0 Å². The number of hydrogen-bond acceptors (Lipinski definition) is 1. The first-order chi connectivity index (χ1) is 6.27. The second kappa shape index (κ2) is 4.00. The maximum atomic E-state index is 2.68. The van der Waals surface area contributed by atoms with Crippen LogP contribution in [0.25, 0.3) is 0 Å². The van der Waals surface area contributed by atoms with Gasteiger partial charge in [-0.15, -0.1) is 0 Å². The fourth-order valence-corrected chi connectivity index (χ4v) is 2.98. The third-order valence-corrected chi connectivity index (χ3v) is 4.08. The van der Waals surface area contributed by atoms with E-state index in [9.17, 15) is 0 Å². The molecule has 1 heteroatoms. The van der Waals surface area contributed by atoms with Gasteiger partial charge in [-0.3, -0.25) is 0 Å². The van der Waals surface area contributed by atoms with E-state index in [1.54, 1.807) is 0 Å². The Hall–Kier alpha value is -0.0400. The summed E-state index contributed by atoms with van der Waals surface area (Å²) < 4.78 is 0. The Kier molecular flexibility index (Phi) is 2.92. The van der Waals surface area contributed by atoms with Crippen molar-refractivity contribution in [2.75, 3.05) is 7.05 Å². The molecule has 13 heavy (non-hydrogen) atoms. The van der Waals surface area contributed by atoms with E-state index in [2.05, 4.69) is 18.9 Å². The Balaban J connectivity index is 1.78. The molecule has 2 aliphatic rings. The van der Waals surface area contributed by atoms with Gasteiger partial charge in [0.15, 0.2) is 0 Å². The molecule has 0 saturated heterocycles. The van der Waals surface area contributed by atoms with E-state index >= 15 is 0 Å². The third kappa shape index (κ3) is 2.07. The van der Waals surface area contributed by atoms with Crippen molar-refractivity contribution in [2.24, 2.45) is 5.92 Å². The zero-order valence-electron chi connectivity index (χ0n) is 9.13. The van der Waals surface area contributed by atoms with E-state index in [0.717, 1.165) is 18.0 Å². The zero-order chi connectivity index (χ0) is 9.26. The van der Waals surface area contributed by atoms with E-state index < -0.39 is 0 Å². The Morgan fingerprint density at radius 2 is 1.54 bits per heavy atom. The minimum absolute atomic E-state index is 0.922. The smallest absolute Gasteiger partial charge is 0.0100 e. The average Bonchev–Trinajstić information content (AvgIpc) is 2.13. The van der Waals surface area contributed by atoms with Crippen LogP contribution in [0.3, 0.4) is 0 Å². The van der Waals surface area contributed by atoms with Gasteiger partial charge in [-0.05, 0) is 38.6 Å². The third-order valence-electron chi connectivity index (χ3n) is 4.08. The lowest BCUT2D eigenvalue weighted by Crippen LogP contribution is -2.47. The standard InChI is InChI=1S/C12H23N/c1-10-8-12(9-10)13(2)11-6-4-3-5-7-11/h10-12H,3-9H2,1-2H3/t10-,12-. The minimum atomic E-state index is 0.922. The van der Waals surface area contributed by atoms with E-state index in [-0.39, 0.29) is 0 Å². The monoisotopic (exact) mass is 181 g/mol. The average molecular weight is 181 g/mol. The summed E-state index contributed by atoms with van der Waals surface area (Å²) in [5, 5.41) is 0. The van der Waals surface area contributed by atoms with E-state index in [0.29, 0.717) is 0 Å². The molecule has 2 rings (SSSR count). The molecule has 0 unspecified atom stereocenters. The Morgan fingerprint density at radius 1 is 0.923 bits per heavy atom. The SMILES string of the molecule is CN(C1CCCCC1)[C@H]1C[C@H](C)C1. The first-order valence-corrected chi connectivity index (χ1v) is 5.99. The highest BCUT2D eigenvalue weighted by Gasteiger charge is 2.32. The molecule has 0 radical (unpaired) electrons. The highest BCUT2D eigenvalue weighted by Crippen LogP contribution is 2.34. The normalized spacial score (nSPS) is 36.2. The number of rotatable bonds is 2. The predicted molar refractivity (Wildman–Crippen MR) is 56.8 cm³/mol. The van der Waals surface area contributed by atoms with Crippen LogP contribution in [0.15, 0.2) is 0 Å². The highest BCUT2D eigenvalue weighted by molar-refractivity contribution is 4.87. The second-order valence-corrected chi connectivity index (χ2v) is 5.19. The van der Waals surface area contributed by atoms with E-state index in [1.165, 1.54) is 44.9 Å². The molecule has 76 valence electrons. The van der Waals surface area contributed by atoms with Gasteiger partial charge in [-0.25, -0.2) is 0 Å². The molecule has 1 nitrogen and oxygen atoms in total. The molecular formula is C12H23N. The van der Waals surface area contributed by atoms with Crippen molar-refractivity contribution in [1.29, 1.82) is 0 Å². The molecule has 0 aromatic rings. The maximum absolute atomic E-state index is 2.68. The Labute approximate surface area is 82.5 Å². The van der Waals surface area contributed by atoms with Gasteiger partial charge in [0.1, 0.15) is 0 Å². The summed E-state index contributed by atoms with van der Waals surface area (Å²) in [5.74, 6) is 0.996. The molecular weight excluding hydrogens is 158 g/mol. The maximum Gasteiger partial charge on any atom is 0.0100 e. The van der Waals surface area contributed by atoms with Crippen LogP contribution >= 0.6 is 0 Å². The van der Waals surface area contributed by atoms with Crippen molar-refractivity contribution >= 4 is 0 Å². The van der Waals surface area contributed by atoms with Crippen LogP contribution < -0.4 is 0 Å². The fourth-order valence-electron chi connectivity index (χ4n) is 2.98. The summed E-state index contributed by atoms with van der Waals surface area (Å²) in [7, 11) is 2.35. The van der Waals surface area contributed by atoms with Crippen LogP contribution in [0, 0.1) is 5.92 Å². The first kappa shape index (κ1) is 9.51. The van der Waals surface area contributed by atoms with Gasteiger partial charge >= 0.3 is 0 Å². The Morgan fingerprint density at radius 3 is 2.08 bits per heavy atom. The zero-order valence-corrected chi connectivity index (χ0v) is 9.13. The van der Waals surface area contributed by atoms with Crippen LogP contribution in [-0.4, -0.2) is 24.0 Å². The molecule has 0 bridgehead atoms. The molecule has 0 aliphatic heterocycles. The summed E-state index contributed by atoms with van der Waals surface area (Å²) in [6.07, 6.45) is 10.2. The van der Waals surface area contributed by atoms with Crippen LogP contribution in [0.5, 0.6) is 0 Å². The van der Waals surface area contributed by atoms with Gasteiger partial charge in [-0.2, -0.15) is 0 Å².